The van der Waals surface area contributed by atoms with Crippen LogP contribution in [-0.2, 0) is 4.79 Å². The van der Waals surface area contributed by atoms with Crippen LogP contribution in [0.4, 0.5) is 5.00 Å². The number of allylic oxidation sites excluding steroid dienone is 3. The number of hydrogen-bond acceptors (Lipinski definition) is 6. The maximum atomic E-state index is 10.7. The lowest BCUT2D eigenvalue weighted by molar-refractivity contribution is -0.104. The fraction of sp³-hybridized carbons (Fsp3) is 0.263. The lowest BCUT2D eigenvalue weighted by Gasteiger charge is -2.11. The number of aliphatic hydroxyl groups is 1. The second kappa shape index (κ2) is 9.15. The molecule has 0 aliphatic heterocycles. The molecular weight excluding hydrogens is 336 g/mol. The van der Waals surface area contributed by atoms with Gasteiger partial charge in [0.05, 0.1) is 12.8 Å². The van der Waals surface area contributed by atoms with Gasteiger partial charge in [0, 0.05) is 18.8 Å². The van der Waals surface area contributed by atoms with Crippen LogP contribution in [-0.4, -0.2) is 36.6 Å². The van der Waals surface area contributed by atoms with Crippen molar-refractivity contribution in [2.75, 3.05) is 25.2 Å². The number of aliphatic hydroxyl groups excluding tert-OH is 1. The molecule has 1 heterocycles. The molecule has 0 aliphatic rings. The Balaban J connectivity index is 2.11. The SMILES string of the molecule is C/C(C=O)=C/C(C)=C\N(C)c1cnc(-c2ccc(OCCO)cc2)s1. The minimum atomic E-state index is -0.00157. The van der Waals surface area contributed by atoms with Gasteiger partial charge in [0.15, 0.2) is 0 Å². The van der Waals surface area contributed by atoms with Crippen molar-refractivity contribution in [1.29, 1.82) is 0 Å². The van der Waals surface area contributed by atoms with Crippen LogP contribution in [0.1, 0.15) is 13.8 Å². The molecule has 0 saturated heterocycles. The molecule has 2 rings (SSSR count). The summed E-state index contributed by atoms with van der Waals surface area (Å²) >= 11 is 1.58. The van der Waals surface area contributed by atoms with Crippen LogP contribution in [0, 0.1) is 0 Å². The normalized spacial score (nSPS) is 12.2. The zero-order valence-corrected chi connectivity index (χ0v) is 15.4. The molecule has 0 radical (unpaired) electrons. The van der Waals surface area contributed by atoms with E-state index >= 15 is 0 Å². The van der Waals surface area contributed by atoms with Gasteiger partial charge in [-0.1, -0.05) is 17.4 Å². The van der Waals surface area contributed by atoms with E-state index in [2.05, 4.69) is 4.98 Å². The molecule has 132 valence electrons. The van der Waals surface area contributed by atoms with E-state index in [0.717, 1.165) is 33.2 Å². The van der Waals surface area contributed by atoms with Gasteiger partial charge >= 0.3 is 0 Å². The Morgan fingerprint density at radius 3 is 2.64 bits per heavy atom. The molecule has 0 amide bonds. The number of carbonyl (C=O) groups is 1. The van der Waals surface area contributed by atoms with E-state index in [0.29, 0.717) is 5.57 Å². The highest BCUT2D eigenvalue weighted by Gasteiger charge is 2.07. The molecule has 0 bridgehead atoms. The van der Waals surface area contributed by atoms with Gasteiger partial charge < -0.3 is 14.7 Å². The van der Waals surface area contributed by atoms with Crippen molar-refractivity contribution in [1.82, 2.24) is 4.98 Å². The average Bonchev–Trinajstić information content (AvgIpc) is 3.10. The molecule has 0 saturated carbocycles. The van der Waals surface area contributed by atoms with Crippen molar-refractivity contribution in [2.24, 2.45) is 0 Å². The minimum absolute atomic E-state index is 0.00157. The second-order valence-corrected chi connectivity index (χ2v) is 6.60. The summed E-state index contributed by atoms with van der Waals surface area (Å²) in [7, 11) is 1.96. The van der Waals surface area contributed by atoms with Gasteiger partial charge in [-0.25, -0.2) is 4.98 Å². The summed E-state index contributed by atoms with van der Waals surface area (Å²) in [6, 6.07) is 7.64. The van der Waals surface area contributed by atoms with E-state index in [-0.39, 0.29) is 13.2 Å². The molecule has 0 unspecified atom stereocenters. The third-order valence-electron chi connectivity index (χ3n) is 3.34. The highest BCUT2D eigenvalue weighted by Crippen LogP contribution is 2.31. The molecule has 0 atom stereocenters. The van der Waals surface area contributed by atoms with E-state index in [9.17, 15) is 4.79 Å². The number of rotatable bonds is 8. The van der Waals surface area contributed by atoms with Gasteiger partial charge in [0.1, 0.15) is 28.7 Å². The topological polar surface area (TPSA) is 62.7 Å². The van der Waals surface area contributed by atoms with E-state index in [4.69, 9.17) is 9.84 Å². The number of nitrogens with zero attached hydrogens (tertiary/aromatic N) is 2. The summed E-state index contributed by atoms with van der Waals surface area (Å²) in [5, 5.41) is 10.7. The third kappa shape index (κ3) is 5.55. The van der Waals surface area contributed by atoms with E-state index in [1.165, 1.54) is 0 Å². The molecule has 2 aromatic rings. The predicted molar refractivity (Wildman–Crippen MR) is 102 cm³/mol. The Morgan fingerprint density at radius 2 is 2.00 bits per heavy atom. The third-order valence-corrected chi connectivity index (χ3v) is 4.48. The molecule has 25 heavy (non-hydrogen) atoms. The molecule has 1 aromatic carbocycles. The van der Waals surface area contributed by atoms with Crippen LogP contribution >= 0.6 is 11.3 Å². The Bertz CT molecular complexity index is 763. The average molecular weight is 358 g/mol. The predicted octanol–water partition coefficient (Wildman–Crippen LogP) is 3.67. The molecule has 0 fully saturated rings. The van der Waals surface area contributed by atoms with Gasteiger partial charge in [0.25, 0.3) is 0 Å². The second-order valence-electron chi connectivity index (χ2n) is 5.59. The van der Waals surface area contributed by atoms with Crippen molar-refractivity contribution in [3.8, 4) is 16.3 Å². The quantitative estimate of drug-likeness (QED) is 0.443. The van der Waals surface area contributed by atoms with Crippen molar-refractivity contribution >= 4 is 22.6 Å². The summed E-state index contributed by atoms with van der Waals surface area (Å²) in [6.45, 7) is 4.02. The lowest BCUT2D eigenvalue weighted by atomic mass is 10.2. The number of ether oxygens (including phenoxy) is 1. The smallest absolute Gasteiger partial charge is 0.145 e. The van der Waals surface area contributed by atoms with E-state index < -0.39 is 0 Å². The fourth-order valence-electron chi connectivity index (χ4n) is 2.22. The minimum Gasteiger partial charge on any atom is -0.491 e. The molecular formula is C19H22N2O3S. The summed E-state index contributed by atoms with van der Waals surface area (Å²) in [5.74, 6) is 0.725. The number of thiazole rings is 1. The van der Waals surface area contributed by atoms with Crippen LogP contribution in [0.25, 0.3) is 10.6 Å². The first-order valence-electron chi connectivity index (χ1n) is 7.88. The van der Waals surface area contributed by atoms with Crippen molar-refractivity contribution in [2.45, 2.75) is 13.8 Å². The zero-order chi connectivity index (χ0) is 18.2. The number of benzene rings is 1. The van der Waals surface area contributed by atoms with Crippen LogP contribution in [0.5, 0.6) is 5.75 Å². The number of aromatic nitrogens is 1. The highest BCUT2D eigenvalue weighted by atomic mass is 32.1. The Kier molecular flexibility index (Phi) is 6.91. The van der Waals surface area contributed by atoms with Crippen LogP contribution in [0.3, 0.4) is 0 Å². The monoisotopic (exact) mass is 358 g/mol. The van der Waals surface area contributed by atoms with Crippen LogP contribution in [0.15, 0.2) is 53.9 Å². The highest BCUT2D eigenvalue weighted by molar-refractivity contribution is 7.18. The van der Waals surface area contributed by atoms with Gasteiger partial charge in [-0.15, -0.1) is 0 Å². The van der Waals surface area contributed by atoms with Crippen molar-refractivity contribution < 1.29 is 14.6 Å². The summed E-state index contributed by atoms with van der Waals surface area (Å²) in [6.07, 6.45) is 6.49. The number of carbonyl (C=O) groups excluding carboxylic acids is 1. The molecule has 1 aromatic heterocycles. The molecule has 6 heteroatoms. The Morgan fingerprint density at radius 1 is 1.28 bits per heavy atom. The summed E-state index contributed by atoms with van der Waals surface area (Å²) in [5.41, 5.74) is 2.70. The molecule has 5 nitrogen and oxygen atoms in total. The van der Waals surface area contributed by atoms with Crippen LogP contribution in [0.2, 0.25) is 0 Å². The molecule has 0 spiro atoms. The van der Waals surface area contributed by atoms with Crippen molar-refractivity contribution in [3.63, 3.8) is 0 Å². The first-order valence-corrected chi connectivity index (χ1v) is 8.70. The Hall–Kier alpha value is -2.44. The lowest BCUT2D eigenvalue weighted by Crippen LogP contribution is -2.06. The van der Waals surface area contributed by atoms with Crippen molar-refractivity contribution in [3.05, 3.63) is 53.9 Å². The first kappa shape index (κ1) is 18.9. The maximum absolute atomic E-state index is 10.7. The standard InChI is InChI=1S/C19H22N2O3S/c1-14(10-15(2)13-23)12-21(3)18-11-20-19(25-18)16-4-6-17(7-5-16)24-9-8-22/h4-7,10-13,22H,8-9H2,1-3H3/b14-12-,15-10-. The van der Waals surface area contributed by atoms with Gasteiger partial charge in [0.2, 0.25) is 0 Å². The van der Waals surface area contributed by atoms with E-state index in [1.54, 1.807) is 18.3 Å². The summed E-state index contributed by atoms with van der Waals surface area (Å²) in [4.78, 5) is 17.2. The fourth-order valence-corrected chi connectivity index (χ4v) is 3.08. The van der Waals surface area contributed by atoms with Gasteiger partial charge in [-0.3, -0.25) is 4.79 Å². The molecule has 1 N–H and O–H groups in total. The number of hydrogen-bond donors (Lipinski definition) is 1. The first-order chi connectivity index (χ1) is 12.0. The zero-order valence-electron chi connectivity index (χ0n) is 14.6. The number of anilines is 1. The van der Waals surface area contributed by atoms with E-state index in [1.807, 2.05) is 61.6 Å². The molecule has 0 aliphatic carbocycles. The Labute approximate surface area is 151 Å². The number of aldehydes is 1. The van der Waals surface area contributed by atoms with Gasteiger partial charge in [-0.05, 0) is 49.3 Å². The van der Waals surface area contributed by atoms with Crippen LogP contribution < -0.4 is 9.64 Å². The largest absolute Gasteiger partial charge is 0.491 e. The maximum Gasteiger partial charge on any atom is 0.145 e. The van der Waals surface area contributed by atoms with Gasteiger partial charge in [-0.2, -0.15) is 0 Å². The summed E-state index contributed by atoms with van der Waals surface area (Å²) < 4.78 is 5.36.